The summed E-state index contributed by atoms with van der Waals surface area (Å²) in [7, 11) is 1.35. The van der Waals surface area contributed by atoms with Gasteiger partial charge in [0.1, 0.15) is 5.82 Å². The number of ether oxygens (including phenoxy) is 1. The van der Waals surface area contributed by atoms with Crippen LogP contribution in [0.3, 0.4) is 0 Å². The quantitative estimate of drug-likeness (QED) is 0.814. The average molecular weight is 344 g/mol. The first-order valence-corrected chi connectivity index (χ1v) is 7.51. The smallest absolute Gasteiger partial charge is 0.321 e. The van der Waals surface area contributed by atoms with E-state index in [-0.39, 0.29) is 12.0 Å². The van der Waals surface area contributed by atoms with Gasteiger partial charge in [-0.3, -0.25) is 14.9 Å². The lowest BCUT2D eigenvalue weighted by atomic mass is 10.1. The molecule has 0 aliphatic rings. The summed E-state index contributed by atoms with van der Waals surface area (Å²) in [4.78, 5) is 35.7. The summed E-state index contributed by atoms with van der Waals surface area (Å²) in [6.45, 7) is 0. The monoisotopic (exact) mass is 344 g/mol. The minimum absolute atomic E-state index is 0.158. The molecule has 0 heterocycles. The van der Waals surface area contributed by atoms with Crippen LogP contribution < -0.4 is 10.6 Å². The summed E-state index contributed by atoms with van der Waals surface area (Å²) in [5.74, 6) is -2.12. The fraction of sp³-hybridized carbons (Fsp3) is 0.167. The third-order valence-corrected chi connectivity index (χ3v) is 3.35. The van der Waals surface area contributed by atoms with E-state index in [9.17, 15) is 18.8 Å². The predicted octanol–water partition coefficient (Wildman–Crippen LogP) is 2.11. The number of esters is 1. The molecule has 0 fully saturated rings. The first kappa shape index (κ1) is 18.1. The number of hydrogen-bond donors (Lipinski definition) is 2. The maximum Gasteiger partial charge on any atom is 0.321 e. The standard InChI is InChI=1S/C18H17FN2O4/c1-20-18(24)21-17(23)16(12-7-3-2-4-8-12)25-15(22)11-13-9-5-6-10-14(13)19/h2-10,16H,11H2,1H3,(H2,20,21,23,24)/t16-/m0/s1. The average Bonchev–Trinajstić information content (AvgIpc) is 2.62. The molecule has 6 nitrogen and oxygen atoms in total. The van der Waals surface area contributed by atoms with Crippen LogP contribution in [0.25, 0.3) is 0 Å². The van der Waals surface area contributed by atoms with Gasteiger partial charge in [-0.2, -0.15) is 0 Å². The molecule has 0 saturated carbocycles. The largest absolute Gasteiger partial charge is 0.447 e. The van der Waals surface area contributed by atoms with Gasteiger partial charge in [-0.1, -0.05) is 48.5 Å². The maximum absolute atomic E-state index is 13.6. The third-order valence-electron chi connectivity index (χ3n) is 3.35. The number of benzene rings is 2. The molecule has 0 saturated heterocycles. The highest BCUT2D eigenvalue weighted by atomic mass is 19.1. The second-order valence-electron chi connectivity index (χ2n) is 5.12. The number of imide groups is 1. The van der Waals surface area contributed by atoms with E-state index < -0.39 is 29.8 Å². The van der Waals surface area contributed by atoms with Crippen LogP contribution in [0.4, 0.5) is 9.18 Å². The maximum atomic E-state index is 13.6. The van der Waals surface area contributed by atoms with Crippen molar-refractivity contribution in [2.24, 2.45) is 0 Å². The van der Waals surface area contributed by atoms with E-state index in [1.807, 2.05) is 0 Å². The molecule has 25 heavy (non-hydrogen) atoms. The molecule has 0 unspecified atom stereocenters. The Morgan fingerprint density at radius 2 is 1.68 bits per heavy atom. The van der Waals surface area contributed by atoms with Crippen LogP contribution in [0.1, 0.15) is 17.2 Å². The van der Waals surface area contributed by atoms with E-state index in [0.29, 0.717) is 5.56 Å². The minimum atomic E-state index is -1.32. The van der Waals surface area contributed by atoms with E-state index in [0.717, 1.165) is 0 Å². The molecule has 0 aromatic heterocycles. The van der Waals surface area contributed by atoms with Crippen molar-refractivity contribution in [3.8, 4) is 0 Å². The first-order chi connectivity index (χ1) is 12.0. The van der Waals surface area contributed by atoms with Crippen LogP contribution in [0.5, 0.6) is 0 Å². The molecule has 2 N–H and O–H groups in total. The van der Waals surface area contributed by atoms with Crippen LogP contribution in [-0.2, 0) is 20.7 Å². The zero-order valence-corrected chi connectivity index (χ0v) is 13.5. The number of urea groups is 1. The highest BCUT2D eigenvalue weighted by Crippen LogP contribution is 2.19. The number of halogens is 1. The van der Waals surface area contributed by atoms with Crippen LogP contribution in [0.2, 0.25) is 0 Å². The molecule has 0 spiro atoms. The van der Waals surface area contributed by atoms with E-state index in [1.165, 1.54) is 25.2 Å². The molecule has 2 aromatic carbocycles. The summed E-state index contributed by atoms with van der Waals surface area (Å²) < 4.78 is 18.9. The summed E-state index contributed by atoms with van der Waals surface area (Å²) in [6.07, 6.45) is -1.65. The Morgan fingerprint density at radius 1 is 1.04 bits per heavy atom. The molecule has 0 bridgehead atoms. The Balaban J connectivity index is 2.15. The van der Waals surface area contributed by atoms with Gasteiger partial charge in [0.05, 0.1) is 6.42 Å². The van der Waals surface area contributed by atoms with Crippen molar-refractivity contribution >= 4 is 17.9 Å². The lowest BCUT2D eigenvalue weighted by molar-refractivity contribution is -0.155. The van der Waals surface area contributed by atoms with Crippen molar-refractivity contribution in [3.05, 3.63) is 71.5 Å². The number of nitrogens with one attached hydrogen (secondary N) is 2. The molecular formula is C18H17FN2O4. The lowest BCUT2D eigenvalue weighted by Crippen LogP contribution is -2.41. The molecule has 130 valence electrons. The first-order valence-electron chi connectivity index (χ1n) is 7.51. The Hall–Kier alpha value is -3.22. The minimum Gasteiger partial charge on any atom is -0.447 e. The zero-order chi connectivity index (χ0) is 18.2. The fourth-order valence-electron chi connectivity index (χ4n) is 2.11. The van der Waals surface area contributed by atoms with Gasteiger partial charge in [0, 0.05) is 12.6 Å². The van der Waals surface area contributed by atoms with Gasteiger partial charge in [-0.05, 0) is 11.6 Å². The number of rotatable bonds is 5. The van der Waals surface area contributed by atoms with Crippen LogP contribution in [0, 0.1) is 5.82 Å². The van der Waals surface area contributed by atoms with Crippen molar-refractivity contribution in [1.82, 2.24) is 10.6 Å². The molecule has 0 aliphatic carbocycles. The summed E-state index contributed by atoms with van der Waals surface area (Å²) in [5, 5.41) is 4.31. The number of carbonyl (C=O) groups is 3. The number of amides is 3. The van der Waals surface area contributed by atoms with Gasteiger partial charge in [-0.15, -0.1) is 0 Å². The third kappa shape index (κ3) is 5.13. The Morgan fingerprint density at radius 3 is 2.32 bits per heavy atom. The summed E-state index contributed by atoms with van der Waals surface area (Å²) in [5.41, 5.74) is 0.553. The fourth-order valence-corrected chi connectivity index (χ4v) is 2.11. The number of carbonyl (C=O) groups excluding carboxylic acids is 3. The van der Waals surface area contributed by atoms with E-state index in [1.54, 1.807) is 36.4 Å². The van der Waals surface area contributed by atoms with Crippen molar-refractivity contribution in [2.75, 3.05) is 7.05 Å². The predicted molar refractivity (Wildman–Crippen MR) is 88.0 cm³/mol. The van der Waals surface area contributed by atoms with Crippen LogP contribution >= 0.6 is 0 Å². The Bertz CT molecular complexity index is 765. The van der Waals surface area contributed by atoms with Gasteiger partial charge in [0.15, 0.2) is 0 Å². The second-order valence-corrected chi connectivity index (χ2v) is 5.12. The van der Waals surface area contributed by atoms with Crippen molar-refractivity contribution < 1.29 is 23.5 Å². The lowest BCUT2D eigenvalue weighted by Gasteiger charge is -2.17. The normalized spacial score (nSPS) is 11.3. The molecule has 7 heteroatoms. The highest BCUT2D eigenvalue weighted by molar-refractivity contribution is 5.97. The molecule has 2 rings (SSSR count). The van der Waals surface area contributed by atoms with Crippen LogP contribution in [-0.4, -0.2) is 25.0 Å². The zero-order valence-electron chi connectivity index (χ0n) is 13.5. The van der Waals surface area contributed by atoms with Crippen LogP contribution in [0.15, 0.2) is 54.6 Å². The number of hydrogen-bond acceptors (Lipinski definition) is 4. The summed E-state index contributed by atoms with van der Waals surface area (Å²) in [6, 6.07) is 13.3. The van der Waals surface area contributed by atoms with Crippen molar-refractivity contribution in [1.29, 1.82) is 0 Å². The van der Waals surface area contributed by atoms with Crippen molar-refractivity contribution in [3.63, 3.8) is 0 Å². The molecule has 3 amide bonds. The Labute approximate surface area is 144 Å². The Kier molecular flexibility index (Phi) is 6.22. The van der Waals surface area contributed by atoms with Gasteiger partial charge in [-0.25, -0.2) is 9.18 Å². The molecule has 1 atom stereocenters. The van der Waals surface area contributed by atoms with Gasteiger partial charge in [0.25, 0.3) is 5.91 Å². The van der Waals surface area contributed by atoms with E-state index in [4.69, 9.17) is 4.74 Å². The second kappa shape index (κ2) is 8.58. The SMILES string of the molecule is CNC(=O)NC(=O)[C@@H](OC(=O)Cc1ccccc1F)c1ccccc1. The van der Waals surface area contributed by atoms with Gasteiger partial charge >= 0.3 is 12.0 Å². The molecule has 0 radical (unpaired) electrons. The van der Waals surface area contributed by atoms with E-state index >= 15 is 0 Å². The molecular weight excluding hydrogens is 327 g/mol. The van der Waals surface area contributed by atoms with Gasteiger partial charge in [0.2, 0.25) is 6.10 Å². The molecule has 0 aliphatic heterocycles. The van der Waals surface area contributed by atoms with E-state index in [2.05, 4.69) is 10.6 Å². The van der Waals surface area contributed by atoms with Crippen molar-refractivity contribution in [2.45, 2.75) is 12.5 Å². The van der Waals surface area contributed by atoms with Gasteiger partial charge < -0.3 is 10.1 Å². The topological polar surface area (TPSA) is 84.5 Å². The molecule has 2 aromatic rings. The highest BCUT2D eigenvalue weighted by Gasteiger charge is 2.26. The summed E-state index contributed by atoms with van der Waals surface area (Å²) >= 11 is 0.